The molecular formula is C29H23NO2Te2. The van der Waals surface area contributed by atoms with E-state index in [0.29, 0.717) is 0 Å². The summed E-state index contributed by atoms with van der Waals surface area (Å²) in [4.78, 5) is 5.25. The molecule has 0 saturated heterocycles. The Kier molecular flexibility index (Phi) is 7.39. The van der Waals surface area contributed by atoms with Crippen LogP contribution in [0.3, 0.4) is 0 Å². The SMILES string of the molecule is COc1ccc([Te]c2nc3ccccc3c([Te]c3ccc(OC)cc3)c2-c2ccccc2)cc1. The number of para-hydroxylation sites is 1. The Balaban J connectivity index is 1.69. The van der Waals surface area contributed by atoms with Crippen molar-refractivity contribution in [3.63, 3.8) is 0 Å². The van der Waals surface area contributed by atoms with E-state index in [9.17, 15) is 0 Å². The van der Waals surface area contributed by atoms with E-state index in [4.69, 9.17) is 14.5 Å². The van der Waals surface area contributed by atoms with Gasteiger partial charge < -0.3 is 0 Å². The summed E-state index contributed by atoms with van der Waals surface area (Å²) in [5, 5.41) is 1.27. The third-order valence-corrected chi connectivity index (χ3v) is 11.5. The van der Waals surface area contributed by atoms with Crippen molar-refractivity contribution in [1.82, 2.24) is 4.98 Å². The van der Waals surface area contributed by atoms with Crippen LogP contribution in [0.4, 0.5) is 0 Å². The number of hydrogen-bond acceptors (Lipinski definition) is 3. The minimum absolute atomic E-state index is 0.665. The molecule has 3 nitrogen and oxygen atoms in total. The van der Waals surface area contributed by atoms with E-state index in [1.54, 1.807) is 14.2 Å². The van der Waals surface area contributed by atoms with Crippen LogP contribution in [0.5, 0.6) is 11.5 Å². The van der Waals surface area contributed by atoms with Crippen molar-refractivity contribution in [2.45, 2.75) is 0 Å². The van der Waals surface area contributed by atoms with Gasteiger partial charge >= 0.3 is 222 Å². The predicted octanol–water partition coefficient (Wildman–Crippen LogP) is 3.23. The van der Waals surface area contributed by atoms with E-state index >= 15 is 0 Å². The normalized spacial score (nSPS) is 10.9. The topological polar surface area (TPSA) is 31.4 Å². The zero-order valence-corrected chi connectivity index (χ0v) is 23.6. The third-order valence-electron chi connectivity index (χ3n) is 5.43. The number of nitrogens with zero attached hydrogens (tertiary/aromatic N) is 1. The number of aromatic nitrogens is 1. The van der Waals surface area contributed by atoms with Crippen molar-refractivity contribution in [1.29, 1.82) is 0 Å². The van der Waals surface area contributed by atoms with Crippen molar-refractivity contribution in [3.8, 4) is 22.6 Å². The Morgan fingerprint density at radius 3 is 1.76 bits per heavy atom. The van der Waals surface area contributed by atoms with Gasteiger partial charge in [0.15, 0.2) is 0 Å². The number of pyridine rings is 1. The summed E-state index contributed by atoms with van der Waals surface area (Å²) in [5.41, 5.74) is 3.67. The van der Waals surface area contributed by atoms with Crippen molar-refractivity contribution < 1.29 is 9.47 Å². The molecule has 0 radical (unpaired) electrons. The molecule has 0 aliphatic carbocycles. The fourth-order valence-electron chi connectivity index (χ4n) is 3.72. The Morgan fingerprint density at radius 1 is 0.588 bits per heavy atom. The van der Waals surface area contributed by atoms with E-state index in [-0.39, 0.29) is 0 Å². The van der Waals surface area contributed by atoms with Crippen molar-refractivity contribution in [2.75, 3.05) is 14.2 Å². The van der Waals surface area contributed by atoms with Gasteiger partial charge in [0.05, 0.1) is 0 Å². The van der Waals surface area contributed by atoms with Crippen LogP contribution in [0, 0.1) is 0 Å². The van der Waals surface area contributed by atoms with Gasteiger partial charge in [0.25, 0.3) is 0 Å². The van der Waals surface area contributed by atoms with Crippen molar-refractivity contribution in [3.05, 3.63) is 103 Å². The third kappa shape index (κ3) is 5.09. The Labute approximate surface area is 220 Å². The van der Waals surface area contributed by atoms with Crippen LogP contribution in [-0.4, -0.2) is 61.0 Å². The van der Waals surface area contributed by atoms with E-state index in [0.717, 1.165) is 17.0 Å². The van der Waals surface area contributed by atoms with Gasteiger partial charge in [-0.3, -0.25) is 0 Å². The van der Waals surface area contributed by atoms with E-state index in [1.807, 2.05) is 0 Å². The number of rotatable bonds is 7. The number of fused-ring (bicyclic) bond motifs is 1. The first-order valence-electron chi connectivity index (χ1n) is 10.9. The molecule has 0 unspecified atom stereocenters. The van der Waals surface area contributed by atoms with Gasteiger partial charge in [0.1, 0.15) is 0 Å². The van der Waals surface area contributed by atoms with E-state index < -0.39 is 41.8 Å². The standard InChI is InChI=1S/C29H23NO2Te2/c1-31-21-12-16-23(17-13-21)33-28-25-10-6-7-11-26(25)30-29(27(28)20-8-4-3-5-9-20)34-24-18-14-22(32-2)15-19-24/h3-19H,1-2H3. The molecule has 0 aliphatic heterocycles. The molecule has 34 heavy (non-hydrogen) atoms. The number of methoxy groups -OCH3 is 2. The second kappa shape index (κ2) is 10.8. The molecule has 0 fully saturated rings. The second-order valence-corrected chi connectivity index (χ2v) is 13.7. The molecule has 5 aromatic rings. The summed E-state index contributed by atoms with van der Waals surface area (Å²) in [6, 6.07) is 36.4. The van der Waals surface area contributed by atoms with Crippen LogP contribution >= 0.6 is 0 Å². The summed E-state index contributed by atoms with van der Waals surface area (Å²) in [6.45, 7) is 0. The molecular weight excluding hydrogens is 650 g/mol. The molecule has 4 aromatic carbocycles. The molecule has 0 N–H and O–H groups in total. The van der Waals surface area contributed by atoms with Crippen LogP contribution in [-0.2, 0) is 0 Å². The average Bonchev–Trinajstić information content (AvgIpc) is 2.90. The monoisotopic (exact) mass is 677 g/mol. The second-order valence-electron chi connectivity index (χ2n) is 7.56. The van der Waals surface area contributed by atoms with Gasteiger partial charge in [-0.15, -0.1) is 0 Å². The fourth-order valence-corrected chi connectivity index (χ4v) is 10.2. The Hall–Kier alpha value is -2.53. The molecule has 5 heteroatoms. The fraction of sp³-hybridized carbons (Fsp3) is 0.0690. The van der Waals surface area contributed by atoms with Crippen LogP contribution in [0.2, 0.25) is 0 Å². The summed E-state index contributed by atoms with van der Waals surface area (Å²) >= 11 is -1.37. The van der Waals surface area contributed by atoms with Gasteiger partial charge in [0.2, 0.25) is 0 Å². The summed E-state index contributed by atoms with van der Waals surface area (Å²) in [7, 11) is 3.42. The van der Waals surface area contributed by atoms with Crippen molar-refractivity contribution in [2.24, 2.45) is 0 Å². The first kappa shape index (κ1) is 23.2. The maximum atomic E-state index is 5.39. The molecule has 0 spiro atoms. The van der Waals surface area contributed by atoms with Gasteiger partial charge in [-0.05, 0) is 0 Å². The van der Waals surface area contributed by atoms with E-state index in [2.05, 4.69) is 103 Å². The molecule has 0 bridgehead atoms. The molecule has 1 heterocycles. The summed E-state index contributed by atoms with van der Waals surface area (Å²) in [6.07, 6.45) is 0. The number of hydrogen-bond donors (Lipinski definition) is 0. The molecule has 5 rings (SSSR count). The van der Waals surface area contributed by atoms with Gasteiger partial charge in [-0.2, -0.15) is 0 Å². The Bertz CT molecular complexity index is 1400. The van der Waals surface area contributed by atoms with E-state index in [1.165, 1.54) is 31.1 Å². The summed E-state index contributed by atoms with van der Waals surface area (Å²) in [5.74, 6) is 1.78. The summed E-state index contributed by atoms with van der Waals surface area (Å²) < 4.78 is 16.2. The Morgan fingerprint density at radius 2 is 1.15 bits per heavy atom. The van der Waals surface area contributed by atoms with Crippen LogP contribution in [0.25, 0.3) is 22.0 Å². The quantitative estimate of drug-likeness (QED) is 0.249. The first-order chi connectivity index (χ1) is 16.7. The molecule has 0 saturated carbocycles. The van der Waals surface area contributed by atoms with Gasteiger partial charge in [0, 0.05) is 0 Å². The average molecular weight is 673 g/mol. The molecule has 0 aliphatic rings. The molecule has 1 aromatic heterocycles. The number of benzene rings is 4. The molecule has 168 valence electrons. The van der Waals surface area contributed by atoms with Crippen LogP contribution in [0.1, 0.15) is 0 Å². The zero-order valence-electron chi connectivity index (χ0n) is 18.9. The molecule has 0 amide bonds. The molecule has 0 atom stereocenters. The minimum atomic E-state index is -0.705. The van der Waals surface area contributed by atoms with Crippen LogP contribution < -0.4 is 24.0 Å². The van der Waals surface area contributed by atoms with Gasteiger partial charge in [-0.25, -0.2) is 0 Å². The first-order valence-corrected chi connectivity index (χ1v) is 15.5. The zero-order chi connectivity index (χ0) is 23.3. The maximum absolute atomic E-state index is 5.39. The number of ether oxygens (including phenoxy) is 2. The van der Waals surface area contributed by atoms with Crippen LogP contribution in [0.15, 0.2) is 103 Å². The van der Waals surface area contributed by atoms with Gasteiger partial charge in [-0.1, -0.05) is 0 Å². The predicted molar refractivity (Wildman–Crippen MR) is 143 cm³/mol. The van der Waals surface area contributed by atoms with Crippen molar-refractivity contribution >= 4 is 67.3 Å².